The lowest BCUT2D eigenvalue weighted by atomic mass is 10.1. The van der Waals surface area contributed by atoms with Gasteiger partial charge in [0.1, 0.15) is 0 Å². The zero-order valence-corrected chi connectivity index (χ0v) is 9.89. The van der Waals surface area contributed by atoms with Crippen LogP contribution in [0.1, 0.15) is 0 Å². The second-order valence-electron chi connectivity index (χ2n) is 2.99. The molecule has 0 fully saturated rings. The van der Waals surface area contributed by atoms with Crippen LogP contribution in [0, 0.1) is 5.82 Å². The molecule has 0 aliphatic carbocycles. The minimum absolute atomic E-state index is 0.108. The van der Waals surface area contributed by atoms with E-state index in [9.17, 15) is 4.39 Å². The standard InChI is InChI=1S/C11H6BrClFN/c12-9-5-8(6-10(13)11(9)14)7-1-3-15-4-2-7/h1-6H. The van der Waals surface area contributed by atoms with Gasteiger partial charge in [0.2, 0.25) is 0 Å². The van der Waals surface area contributed by atoms with Crippen molar-refractivity contribution in [1.29, 1.82) is 0 Å². The first-order valence-electron chi connectivity index (χ1n) is 4.23. The maximum Gasteiger partial charge on any atom is 0.155 e. The van der Waals surface area contributed by atoms with Crippen LogP contribution in [-0.4, -0.2) is 4.98 Å². The van der Waals surface area contributed by atoms with Crippen molar-refractivity contribution < 1.29 is 4.39 Å². The summed E-state index contributed by atoms with van der Waals surface area (Å²) in [5.74, 6) is -0.436. The van der Waals surface area contributed by atoms with Crippen LogP contribution in [0.3, 0.4) is 0 Å². The first kappa shape index (κ1) is 10.6. The van der Waals surface area contributed by atoms with Crippen LogP contribution in [0.25, 0.3) is 11.1 Å². The van der Waals surface area contributed by atoms with Crippen molar-refractivity contribution in [3.8, 4) is 11.1 Å². The van der Waals surface area contributed by atoms with Gasteiger partial charge in [0.15, 0.2) is 5.82 Å². The molecule has 1 nitrogen and oxygen atoms in total. The van der Waals surface area contributed by atoms with Gasteiger partial charge in [0, 0.05) is 12.4 Å². The van der Waals surface area contributed by atoms with Crippen LogP contribution in [0.4, 0.5) is 4.39 Å². The predicted molar refractivity (Wildman–Crippen MR) is 62.3 cm³/mol. The Morgan fingerprint density at radius 2 is 1.80 bits per heavy atom. The fourth-order valence-corrected chi connectivity index (χ4v) is 2.06. The number of halogens is 3. The summed E-state index contributed by atoms with van der Waals surface area (Å²) in [5, 5.41) is 0.108. The van der Waals surface area contributed by atoms with Crippen molar-refractivity contribution in [3.05, 3.63) is 52.0 Å². The second-order valence-corrected chi connectivity index (χ2v) is 4.25. The van der Waals surface area contributed by atoms with E-state index in [-0.39, 0.29) is 5.02 Å². The summed E-state index contributed by atoms with van der Waals surface area (Å²) < 4.78 is 13.6. The van der Waals surface area contributed by atoms with E-state index in [1.807, 2.05) is 12.1 Å². The van der Waals surface area contributed by atoms with Gasteiger partial charge in [-0.25, -0.2) is 4.39 Å². The molecule has 0 saturated heterocycles. The number of rotatable bonds is 1. The molecule has 0 amide bonds. The van der Waals surface area contributed by atoms with Crippen molar-refractivity contribution >= 4 is 27.5 Å². The Labute approximate surface area is 100 Å². The van der Waals surface area contributed by atoms with Crippen molar-refractivity contribution in [3.63, 3.8) is 0 Å². The molecule has 0 radical (unpaired) electrons. The van der Waals surface area contributed by atoms with E-state index in [4.69, 9.17) is 11.6 Å². The quantitative estimate of drug-likeness (QED) is 0.712. The van der Waals surface area contributed by atoms with Gasteiger partial charge in [-0.1, -0.05) is 11.6 Å². The number of hydrogen-bond acceptors (Lipinski definition) is 1. The van der Waals surface area contributed by atoms with Crippen LogP contribution >= 0.6 is 27.5 Å². The second kappa shape index (κ2) is 4.29. The molecule has 0 unspecified atom stereocenters. The normalized spacial score (nSPS) is 10.3. The number of aromatic nitrogens is 1. The van der Waals surface area contributed by atoms with E-state index in [1.165, 1.54) is 0 Å². The molecule has 76 valence electrons. The summed E-state index contributed by atoms with van der Waals surface area (Å²) in [6.07, 6.45) is 3.36. The molecule has 0 aliphatic rings. The van der Waals surface area contributed by atoms with Gasteiger partial charge < -0.3 is 0 Å². The maximum atomic E-state index is 13.2. The molecule has 1 aromatic carbocycles. The van der Waals surface area contributed by atoms with Gasteiger partial charge in [0.25, 0.3) is 0 Å². The molecule has 0 saturated carbocycles. The molecule has 0 atom stereocenters. The Bertz CT molecular complexity index is 464. The summed E-state index contributed by atoms with van der Waals surface area (Å²) in [7, 11) is 0. The van der Waals surface area contributed by atoms with E-state index in [0.29, 0.717) is 4.47 Å². The summed E-state index contributed by atoms with van der Waals surface area (Å²) in [5.41, 5.74) is 1.81. The van der Waals surface area contributed by atoms with Gasteiger partial charge in [-0.2, -0.15) is 0 Å². The van der Waals surface area contributed by atoms with Crippen LogP contribution in [0.15, 0.2) is 41.1 Å². The van der Waals surface area contributed by atoms with Crippen LogP contribution in [0.2, 0.25) is 5.02 Å². The molecule has 2 rings (SSSR count). The van der Waals surface area contributed by atoms with E-state index in [1.54, 1.807) is 24.5 Å². The van der Waals surface area contributed by atoms with E-state index in [0.717, 1.165) is 11.1 Å². The third-order valence-corrected chi connectivity index (χ3v) is 2.85. The molecule has 1 heterocycles. The summed E-state index contributed by atoms with van der Waals surface area (Å²) in [4.78, 5) is 3.91. The highest BCUT2D eigenvalue weighted by Crippen LogP contribution is 2.30. The summed E-state index contributed by atoms with van der Waals surface area (Å²) in [6.45, 7) is 0. The van der Waals surface area contributed by atoms with Crippen LogP contribution < -0.4 is 0 Å². The number of nitrogens with zero attached hydrogens (tertiary/aromatic N) is 1. The molecular weight excluding hydrogens is 280 g/mol. The highest BCUT2D eigenvalue weighted by atomic mass is 79.9. The lowest BCUT2D eigenvalue weighted by molar-refractivity contribution is 0.622. The number of pyridine rings is 1. The average molecular weight is 287 g/mol. The topological polar surface area (TPSA) is 12.9 Å². The Morgan fingerprint density at radius 3 is 2.40 bits per heavy atom. The zero-order chi connectivity index (χ0) is 10.8. The molecule has 0 bridgehead atoms. The lowest BCUT2D eigenvalue weighted by Crippen LogP contribution is -1.84. The SMILES string of the molecule is Fc1c(Cl)cc(-c2ccncc2)cc1Br. The first-order chi connectivity index (χ1) is 7.18. The Kier molecular flexibility index (Phi) is 3.03. The Morgan fingerprint density at radius 1 is 1.13 bits per heavy atom. The monoisotopic (exact) mass is 285 g/mol. The van der Waals surface area contributed by atoms with Crippen LogP contribution in [0.5, 0.6) is 0 Å². The van der Waals surface area contributed by atoms with Crippen molar-refractivity contribution in [2.45, 2.75) is 0 Å². The molecule has 15 heavy (non-hydrogen) atoms. The third-order valence-electron chi connectivity index (χ3n) is 2.00. The smallest absolute Gasteiger partial charge is 0.155 e. The zero-order valence-electron chi connectivity index (χ0n) is 7.55. The maximum absolute atomic E-state index is 13.2. The van der Waals surface area contributed by atoms with E-state index < -0.39 is 5.82 Å². The summed E-state index contributed by atoms with van der Waals surface area (Å²) >= 11 is 8.87. The Hall–Kier alpha value is -0.930. The van der Waals surface area contributed by atoms with E-state index >= 15 is 0 Å². The third kappa shape index (κ3) is 2.19. The molecule has 1 aromatic heterocycles. The molecule has 0 aliphatic heterocycles. The molecule has 0 N–H and O–H groups in total. The van der Waals surface area contributed by atoms with Gasteiger partial charge in [-0.3, -0.25) is 4.98 Å². The highest BCUT2D eigenvalue weighted by molar-refractivity contribution is 9.10. The van der Waals surface area contributed by atoms with Gasteiger partial charge in [-0.15, -0.1) is 0 Å². The van der Waals surface area contributed by atoms with Crippen molar-refractivity contribution in [2.75, 3.05) is 0 Å². The molecule has 4 heteroatoms. The Balaban J connectivity index is 2.56. The average Bonchev–Trinajstić information content (AvgIpc) is 2.26. The van der Waals surface area contributed by atoms with Crippen molar-refractivity contribution in [2.24, 2.45) is 0 Å². The number of benzene rings is 1. The van der Waals surface area contributed by atoms with Crippen LogP contribution in [-0.2, 0) is 0 Å². The number of hydrogen-bond donors (Lipinski definition) is 0. The predicted octanol–water partition coefficient (Wildman–Crippen LogP) is 4.30. The van der Waals surface area contributed by atoms with Gasteiger partial charge in [0.05, 0.1) is 9.50 Å². The molecule has 0 spiro atoms. The first-order valence-corrected chi connectivity index (χ1v) is 5.40. The highest BCUT2D eigenvalue weighted by Gasteiger charge is 2.07. The summed E-state index contributed by atoms with van der Waals surface area (Å²) in [6, 6.07) is 6.97. The fraction of sp³-hybridized carbons (Fsp3) is 0. The van der Waals surface area contributed by atoms with Gasteiger partial charge >= 0.3 is 0 Å². The largest absolute Gasteiger partial charge is 0.265 e. The minimum Gasteiger partial charge on any atom is -0.265 e. The van der Waals surface area contributed by atoms with Gasteiger partial charge in [-0.05, 0) is 51.3 Å². The van der Waals surface area contributed by atoms with E-state index in [2.05, 4.69) is 20.9 Å². The molecule has 2 aromatic rings. The minimum atomic E-state index is -0.436. The fourth-order valence-electron chi connectivity index (χ4n) is 1.27. The van der Waals surface area contributed by atoms with Crippen molar-refractivity contribution in [1.82, 2.24) is 4.98 Å². The molecular formula is C11H6BrClFN. The lowest BCUT2D eigenvalue weighted by Gasteiger charge is -2.04.